The maximum absolute atomic E-state index is 11.9. The van der Waals surface area contributed by atoms with E-state index in [1.54, 1.807) is 4.90 Å². The van der Waals surface area contributed by atoms with Crippen LogP contribution in [0.15, 0.2) is 0 Å². The number of likely N-dealkylation sites (tertiary alicyclic amines) is 1. The Morgan fingerprint density at radius 1 is 1.29 bits per heavy atom. The predicted octanol–water partition coefficient (Wildman–Crippen LogP) is 0.0837. The molecule has 1 aliphatic rings. The first-order valence-corrected chi connectivity index (χ1v) is 6.24. The first-order chi connectivity index (χ1) is 7.91. The van der Waals surface area contributed by atoms with E-state index in [4.69, 9.17) is 11.5 Å². The van der Waals surface area contributed by atoms with E-state index in [0.717, 1.165) is 0 Å². The van der Waals surface area contributed by atoms with Crippen LogP contribution >= 0.6 is 0 Å². The van der Waals surface area contributed by atoms with E-state index >= 15 is 0 Å². The lowest BCUT2D eigenvalue weighted by Crippen LogP contribution is -2.44. The zero-order chi connectivity index (χ0) is 13.0. The van der Waals surface area contributed by atoms with E-state index in [1.807, 2.05) is 13.8 Å². The molecule has 0 saturated carbocycles. The van der Waals surface area contributed by atoms with Gasteiger partial charge in [0.2, 0.25) is 11.8 Å². The number of nitrogens with two attached hydrogens (primary N) is 2. The molecule has 1 rings (SSSR count). The second-order valence-corrected chi connectivity index (χ2v) is 5.17. The van der Waals surface area contributed by atoms with Gasteiger partial charge in [0.25, 0.3) is 0 Å². The van der Waals surface area contributed by atoms with E-state index < -0.39 is 0 Å². The summed E-state index contributed by atoms with van der Waals surface area (Å²) in [5, 5.41) is 0. The van der Waals surface area contributed by atoms with Crippen LogP contribution in [0.2, 0.25) is 0 Å². The topological polar surface area (TPSA) is 89.4 Å². The predicted molar refractivity (Wildman–Crippen MR) is 65.9 cm³/mol. The molecule has 0 aliphatic carbocycles. The summed E-state index contributed by atoms with van der Waals surface area (Å²) in [7, 11) is 0. The first-order valence-electron chi connectivity index (χ1n) is 6.24. The van der Waals surface area contributed by atoms with Crippen molar-refractivity contribution in [3.8, 4) is 0 Å². The molecular formula is C12H23N3O2. The zero-order valence-electron chi connectivity index (χ0n) is 10.7. The number of rotatable bonds is 4. The van der Waals surface area contributed by atoms with Crippen molar-refractivity contribution in [2.75, 3.05) is 13.1 Å². The van der Waals surface area contributed by atoms with Crippen LogP contribution < -0.4 is 11.5 Å². The number of hydrogen-bond donors (Lipinski definition) is 2. The second kappa shape index (κ2) is 6.00. The van der Waals surface area contributed by atoms with Crippen molar-refractivity contribution in [1.82, 2.24) is 4.90 Å². The molecule has 1 unspecified atom stereocenters. The number of carbonyl (C=O) groups excluding carboxylic acids is 2. The maximum atomic E-state index is 11.9. The van der Waals surface area contributed by atoms with Gasteiger partial charge in [-0.2, -0.15) is 0 Å². The van der Waals surface area contributed by atoms with E-state index in [0.29, 0.717) is 38.3 Å². The number of carbonyl (C=O) groups is 2. The highest BCUT2D eigenvalue weighted by molar-refractivity contribution is 5.79. The standard InChI is InChI=1S/C12H23N3O2/c1-8(2)10(13)7-11(16)15-5-3-9(4-6-15)12(14)17/h8-10H,3-7,13H2,1-2H3,(H2,14,17). The molecule has 1 saturated heterocycles. The third kappa shape index (κ3) is 4.00. The lowest BCUT2D eigenvalue weighted by atomic mass is 9.95. The molecule has 0 radical (unpaired) electrons. The summed E-state index contributed by atoms with van der Waals surface area (Å²) in [5.74, 6) is 0.0741. The SMILES string of the molecule is CC(C)C(N)CC(=O)N1CCC(C(N)=O)CC1. The molecule has 1 heterocycles. The minimum Gasteiger partial charge on any atom is -0.369 e. The fraction of sp³-hybridized carbons (Fsp3) is 0.833. The van der Waals surface area contributed by atoms with Crippen LogP contribution in [0.4, 0.5) is 0 Å². The average molecular weight is 241 g/mol. The second-order valence-electron chi connectivity index (χ2n) is 5.17. The van der Waals surface area contributed by atoms with Gasteiger partial charge in [0, 0.05) is 31.5 Å². The Hall–Kier alpha value is -1.10. The van der Waals surface area contributed by atoms with E-state index in [-0.39, 0.29) is 23.8 Å². The Kier molecular flexibility index (Phi) is 4.93. The van der Waals surface area contributed by atoms with Crippen molar-refractivity contribution in [1.29, 1.82) is 0 Å². The summed E-state index contributed by atoms with van der Waals surface area (Å²) < 4.78 is 0. The molecule has 0 spiro atoms. The molecule has 0 bridgehead atoms. The Labute approximate surface area is 103 Å². The molecule has 0 aromatic carbocycles. The van der Waals surface area contributed by atoms with E-state index in [9.17, 15) is 9.59 Å². The van der Waals surface area contributed by atoms with Gasteiger partial charge in [-0.3, -0.25) is 9.59 Å². The van der Waals surface area contributed by atoms with Crippen LogP contribution in [0.3, 0.4) is 0 Å². The van der Waals surface area contributed by atoms with Crippen LogP contribution in [0.5, 0.6) is 0 Å². The van der Waals surface area contributed by atoms with Gasteiger partial charge in [-0.15, -0.1) is 0 Å². The maximum Gasteiger partial charge on any atom is 0.224 e. The van der Waals surface area contributed by atoms with E-state index in [1.165, 1.54) is 0 Å². The minimum atomic E-state index is -0.254. The highest BCUT2D eigenvalue weighted by Gasteiger charge is 2.26. The van der Waals surface area contributed by atoms with Crippen molar-refractivity contribution in [3.05, 3.63) is 0 Å². The number of primary amides is 1. The van der Waals surface area contributed by atoms with Crippen molar-refractivity contribution < 1.29 is 9.59 Å². The van der Waals surface area contributed by atoms with Crippen LogP contribution in [-0.4, -0.2) is 35.8 Å². The van der Waals surface area contributed by atoms with Gasteiger partial charge in [0.05, 0.1) is 0 Å². The van der Waals surface area contributed by atoms with Crippen molar-refractivity contribution in [3.63, 3.8) is 0 Å². The van der Waals surface area contributed by atoms with Gasteiger partial charge < -0.3 is 16.4 Å². The van der Waals surface area contributed by atoms with Crippen LogP contribution in [0.1, 0.15) is 33.1 Å². The molecule has 1 atom stereocenters. The van der Waals surface area contributed by atoms with Gasteiger partial charge in [-0.25, -0.2) is 0 Å². The molecule has 5 nitrogen and oxygen atoms in total. The largest absolute Gasteiger partial charge is 0.369 e. The third-order valence-corrected chi connectivity index (χ3v) is 3.52. The molecule has 1 fully saturated rings. The van der Waals surface area contributed by atoms with Crippen molar-refractivity contribution >= 4 is 11.8 Å². The van der Waals surface area contributed by atoms with Gasteiger partial charge in [-0.1, -0.05) is 13.8 Å². The monoisotopic (exact) mass is 241 g/mol. The summed E-state index contributed by atoms with van der Waals surface area (Å²) in [6.07, 6.45) is 1.74. The Balaban J connectivity index is 2.38. The summed E-state index contributed by atoms with van der Waals surface area (Å²) in [6, 6.07) is -0.0867. The molecule has 0 aromatic rings. The quantitative estimate of drug-likeness (QED) is 0.730. The highest BCUT2D eigenvalue weighted by atomic mass is 16.2. The minimum absolute atomic E-state index is 0.0715. The van der Waals surface area contributed by atoms with Gasteiger partial charge in [-0.05, 0) is 18.8 Å². The molecule has 1 aliphatic heterocycles. The zero-order valence-corrected chi connectivity index (χ0v) is 10.7. The van der Waals surface area contributed by atoms with Crippen LogP contribution in [0.25, 0.3) is 0 Å². The van der Waals surface area contributed by atoms with Crippen LogP contribution in [-0.2, 0) is 9.59 Å². The Morgan fingerprint density at radius 2 is 1.82 bits per heavy atom. The number of amides is 2. The normalized spacial score (nSPS) is 19.4. The highest BCUT2D eigenvalue weighted by Crippen LogP contribution is 2.18. The Morgan fingerprint density at radius 3 is 2.24 bits per heavy atom. The Bertz CT molecular complexity index is 283. The lowest BCUT2D eigenvalue weighted by Gasteiger charge is -2.31. The lowest BCUT2D eigenvalue weighted by molar-refractivity contribution is -0.135. The summed E-state index contributed by atoms with van der Waals surface area (Å²) in [4.78, 5) is 24.7. The van der Waals surface area contributed by atoms with Crippen LogP contribution in [0, 0.1) is 11.8 Å². The molecule has 5 heteroatoms. The smallest absolute Gasteiger partial charge is 0.224 e. The molecule has 0 aromatic heterocycles. The van der Waals surface area contributed by atoms with Crippen molar-refractivity contribution in [2.45, 2.75) is 39.2 Å². The molecule has 98 valence electrons. The van der Waals surface area contributed by atoms with E-state index in [2.05, 4.69) is 0 Å². The van der Waals surface area contributed by atoms with Gasteiger partial charge in [0.1, 0.15) is 0 Å². The first kappa shape index (κ1) is 14.0. The van der Waals surface area contributed by atoms with Crippen molar-refractivity contribution in [2.24, 2.45) is 23.3 Å². The summed E-state index contributed by atoms with van der Waals surface area (Å²) in [6.45, 7) is 5.27. The third-order valence-electron chi connectivity index (χ3n) is 3.52. The molecule has 2 amide bonds. The van der Waals surface area contributed by atoms with Gasteiger partial charge in [0.15, 0.2) is 0 Å². The summed E-state index contributed by atoms with van der Waals surface area (Å²) in [5.41, 5.74) is 11.1. The average Bonchev–Trinajstić information content (AvgIpc) is 2.28. The molecule has 4 N–H and O–H groups in total. The fourth-order valence-corrected chi connectivity index (χ4v) is 1.98. The number of nitrogens with zero attached hydrogens (tertiary/aromatic N) is 1. The molecular weight excluding hydrogens is 218 g/mol. The fourth-order valence-electron chi connectivity index (χ4n) is 1.98. The number of piperidine rings is 1. The summed E-state index contributed by atoms with van der Waals surface area (Å²) >= 11 is 0. The number of hydrogen-bond acceptors (Lipinski definition) is 3. The van der Waals surface area contributed by atoms with Gasteiger partial charge >= 0.3 is 0 Å². The molecule has 17 heavy (non-hydrogen) atoms.